The lowest BCUT2D eigenvalue weighted by atomic mass is 10.0. The molecule has 4 heteroatoms. The van der Waals surface area contributed by atoms with Gasteiger partial charge in [-0.15, -0.1) is 0 Å². The van der Waals surface area contributed by atoms with Crippen molar-refractivity contribution >= 4 is 18.0 Å². The van der Waals surface area contributed by atoms with Crippen LogP contribution in [-0.4, -0.2) is 34.5 Å². The maximum Gasteiger partial charge on any atom is 0.308 e. The van der Waals surface area contributed by atoms with Crippen LogP contribution in [0.1, 0.15) is 31.7 Å². The number of hydrogen-bond donors (Lipinski definition) is 1. The molecule has 1 aliphatic rings. The summed E-state index contributed by atoms with van der Waals surface area (Å²) >= 11 is 0. The molecule has 0 radical (unpaired) electrons. The van der Waals surface area contributed by atoms with Gasteiger partial charge in [0.05, 0.1) is 5.92 Å². The minimum atomic E-state index is -0.804. The van der Waals surface area contributed by atoms with Gasteiger partial charge in [-0.2, -0.15) is 0 Å². The van der Waals surface area contributed by atoms with Crippen LogP contribution in [0.15, 0.2) is 36.4 Å². The van der Waals surface area contributed by atoms with E-state index in [0.717, 1.165) is 5.56 Å². The van der Waals surface area contributed by atoms with E-state index in [-0.39, 0.29) is 11.9 Å². The summed E-state index contributed by atoms with van der Waals surface area (Å²) in [6.07, 6.45) is 5.65. The largest absolute Gasteiger partial charge is 0.481 e. The highest BCUT2D eigenvalue weighted by atomic mass is 16.4. The number of amides is 1. The molecule has 0 saturated carbocycles. The molecule has 1 aliphatic heterocycles. The van der Waals surface area contributed by atoms with Crippen molar-refractivity contribution in [2.45, 2.75) is 32.2 Å². The van der Waals surface area contributed by atoms with E-state index in [1.54, 1.807) is 4.90 Å². The second kappa shape index (κ2) is 7.07. The third-order valence-corrected chi connectivity index (χ3v) is 4.03. The average Bonchev–Trinajstić information content (AvgIpc) is 2.86. The van der Waals surface area contributed by atoms with Gasteiger partial charge in [0.2, 0.25) is 5.91 Å². The number of carboxylic acid groups (broad SMARTS) is 1. The summed E-state index contributed by atoms with van der Waals surface area (Å²) in [4.78, 5) is 24.9. The lowest BCUT2D eigenvalue weighted by Gasteiger charge is -2.23. The number of carbonyl (C=O) groups is 2. The van der Waals surface area contributed by atoms with Crippen LogP contribution in [0.2, 0.25) is 0 Å². The van der Waals surface area contributed by atoms with Crippen LogP contribution in [0.4, 0.5) is 0 Å². The molecule has 1 fully saturated rings. The fourth-order valence-electron chi connectivity index (χ4n) is 2.76. The van der Waals surface area contributed by atoms with Crippen LogP contribution >= 0.6 is 0 Å². The van der Waals surface area contributed by atoms with Crippen LogP contribution in [0.5, 0.6) is 0 Å². The number of likely N-dealkylation sites (tertiary alicyclic amines) is 1. The Labute approximate surface area is 125 Å². The summed E-state index contributed by atoms with van der Waals surface area (Å²) in [5.74, 6) is -1.18. The maximum absolute atomic E-state index is 12.1. The van der Waals surface area contributed by atoms with Crippen molar-refractivity contribution in [2.75, 3.05) is 6.54 Å². The Morgan fingerprint density at radius 3 is 2.67 bits per heavy atom. The SMILES string of the molecule is CC1C(C(=O)O)CCN1C(=O)CC/C=C/c1ccccc1. The first-order chi connectivity index (χ1) is 10.1. The Bertz CT molecular complexity index is 524. The number of carbonyl (C=O) groups excluding carboxylic acids is 1. The standard InChI is InChI=1S/C17H21NO3/c1-13-15(17(20)21)11-12-18(13)16(19)10-6-5-9-14-7-3-2-4-8-14/h2-5,7-9,13,15H,6,10-12H2,1H3,(H,20,21)/b9-5+. The lowest BCUT2D eigenvalue weighted by Crippen LogP contribution is -2.37. The number of carboxylic acids is 1. The first-order valence-corrected chi connectivity index (χ1v) is 7.33. The molecule has 4 nitrogen and oxygen atoms in total. The summed E-state index contributed by atoms with van der Waals surface area (Å²) < 4.78 is 0. The Kier molecular flexibility index (Phi) is 5.14. The Morgan fingerprint density at radius 2 is 2.05 bits per heavy atom. The fraction of sp³-hybridized carbons (Fsp3) is 0.412. The zero-order valence-electron chi connectivity index (χ0n) is 12.2. The fourth-order valence-corrected chi connectivity index (χ4v) is 2.76. The number of aliphatic carboxylic acids is 1. The lowest BCUT2D eigenvalue weighted by molar-refractivity contribution is -0.143. The molecule has 2 unspecified atom stereocenters. The summed E-state index contributed by atoms with van der Waals surface area (Å²) in [6.45, 7) is 2.38. The Morgan fingerprint density at radius 1 is 1.33 bits per heavy atom. The molecule has 2 rings (SSSR count). The monoisotopic (exact) mass is 287 g/mol. The number of nitrogens with zero attached hydrogens (tertiary/aromatic N) is 1. The number of allylic oxidation sites excluding steroid dienone is 1. The summed E-state index contributed by atoms with van der Waals surface area (Å²) in [7, 11) is 0. The van der Waals surface area contributed by atoms with Crippen LogP contribution in [0.25, 0.3) is 6.08 Å². The predicted octanol–water partition coefficient (Wildman–Crippen LogP) is 2.80. The van der Waals surface area contributed by atoms with Gasteiger partial charge in [-0.05, 0) is 25.3 Å². The van der Waals surface area contributed by atoms with Crippen molar-refractivity contribution in [3.05, 3.63) is 42.0 Å². The van der Waals surface area contributed by atoms with E-state index >= 15 is 0 Å². The van der Waals surface area contributed by atoms with E-state index in [1.807, 2.05) is 49.4 Å². The van der Waals surface area contributed by atoms with Crippen LogP contribution in [-0.2, 0) is 9.59 Å². The van der Waals surface area contributed by atoms with Gasteiger partial charge in [0, 0.05) is 19.0 Å². The predicted molar refractivity (Wildman–Crippen MR) is 81.6 cm³/mol. The summed E-state index contributed by atoms with van der Waals surface area (Å²) in [5, 5.41) is 9.07. The zero-order valence-corrected chi connectivity index (χ0v) is 12.2. The number of rotatable bonds is 5. The first kappa shape index (κ1) is 15.3. The van der Waals surface area contributed by atoms with Gasteiger partial charge in [-0.25, -0.2) is 0 Å². The summed E-state index contributed by atoms with van der Waals surface area (Å²) in [6, 6.07) is 9.74. The molecular weight excluding hydrogens is 266 g/mol. The highest BCUT2D eigenvalue weighted by Crippen LogP contribution is 2.25. The molecule has 0 spiro atoms. The second-order valence-corrected chi connectivity index (χ2v) is 5.41. The molecule has 112 valence electrons. The molecule has 1 heterocycles. The highest BCUT2D eigenvalue weighted by Gasteiger charge is 2.37. The molecule has 1 aromatic rings. The van der Waals surface area contributed by atoms with E-state index in [2.05, 4.69) is 0 Å². The van der Waals surface area contributed by atoms with E-state index in [0.29, 0.717) is 25.8 Å². The molecule has 0 bridgehead atoms. The van der Waals surface area contributed by atoms with Crippen LogP contribution in [0.3, 0.4) is 0 Å². The molecule has 1 aromatic carbocycles. The van der Waals surface area contributed by atoms with Crippen molar-refractivity contribution < 1.29 is 14.7 Å². The molecule has 0 aromatic heterocycles. The van der Waals surface area contributed by atoms with Crippen molar-refractivity contribution in [1.29, 1.82) is 0 Å². The smallest absolute Gasteiger partial charge is 0.308 e. The third kappa shape index (κ3) is 3.94. The van der Waals surface area contributed by atoms with Gasteiger partial charge < -0.3 is 10.0 Å². The number of hydrogen-bond acceptors (Lipinski definition) is 2. The quantitative estimate of drug-likeness (QED) is 0.906. The highest BCUT2D eigenvalue weighted by molar-refractivity contribution is 5.79. The van der Waals surface area contributed by atoms with Gasteiger partial charge in [-0.3, -0.25) is 9.59 Å². The van der Waals surface area contributed by atoms with Gasteiger partial charge in [0.25, 0.3) is 0 Å². The van der Waals surface area contributed by atoms with Gasteiger partial charge in [0.15, 0.2) is 0 Å². The van der Waals surface area contributed by atoms with E-state index in [1.165, 1.54) is 0 Å². The van der Waals surface area contributed by atoms with Crippen molar-refractivity contribution in [3.63, 3.8) is 0 Å². The van der Waals surface area contributed by atoms with Crippen molar-refractivity contribution in [1.82, 2.24) is 4.90 Å². The van der Waals surface area contributed by atoms with E-state index in [9.17, 15) is 9.59 Å². The Hall–Kier alpha value is -2.10. The minimum Gasteiger partial charge on any atom is -0.481 e. The molecule has 1 saturated heterocycles. The first-order valence-electron chi connectivity index (χ1n) is 7.33. The average molecular weight is 287 g/mol. The van der Waals surface area contributed by atoms with Crippen molar-refractivity contribution in [2.24, 2.45) is 5.92 Å². The van der Waals surface area contributed by atoms with Crippen molar-refractivity contribution in [3.8, 4) is 0 Å². The van der Waals surface area contributed by atoms with E-state index < -0.39 is 11.9 Å². The normalized spacial score (nSPS) is 21.9. The molecular formula is C17H21NO3. The summed E-state index contributed by atoms with van der Waals surface area (Å²) in [5.41, 5.74) is 1.12. The van der Waals surface area contributed by atoms with Gasteiger partial charge in [-0.1, -0.05) is 42.5 Å². The topological polar surface area (TPSA) is 57.6 Å². The van der Waals surface area contributed by atoms with Crippen LogP contribution in [0, 0.1) is 5.92 Å². The van der Waals surface area contributed by atoms with E-state index in [4.69, 9.17) is 5.11 Å². The molecule has 2 atom stereocenters. The molecule has 21 heavy (non-hydrogen) atoms. The molecule has 1 N–H and O–H groups in total. The minimum absolute atomic E-state index is 0.0453. The maximum atomic E-state index is 12.1. The molecule has 1 amide bonds. The number of benzene rings is 1. The van der Waals surface area contributed by atoms with Crippen LogP contribution < -0.4 is 0 Å². The van der Waals surface area contributed by atoms with Gasteiger partial charge >= 0.3 is 5.97 Å². The third-order valence-electron chi connectivity index (χ3n) is 4.03. The van der Waals surface area contributed by atoms with Gasteiger partial charge in [0.1, 0.15) is 0 Å². The Balaban J connectivity index is 1.80. The zero-order chi connectivity index (χ0) is 15.2. The molecule has 0 aliphatic carbocycles. The second-order valence-electron chi connectivity index (χ2n) is 5.41.